The topological polar surface area (TPSA) is 68.7 Å². The summed E-state index contributed by atoms with van der Waals surface area (Å²) >= 11 is 0. The van der Waals surface area contributed by atoms with E-state index < -0.39 is 12.1 Å². The lowest BCUT2D eigenvalue weighted by Gasteiger charge is -2.24. The van der Waals surface area contributed by atoms with Crippen molar-refractivity contribution < 1.29 is 19.1 Å². The van der Waals surface area contributed by atoms with Gasteiger partial charge in [0.25, 0.3) is 5.91 Å². The van der Waals surface area contributed by atoms with Crippen molar-refractivity contribution in [3.05, 3.63) is 59.9 Å². The van der Waals surface area contributed by atoms with Crippen LogP contribution in [0.15, 0.2) is 48.8 Å². The number of methoxy groups -OCH3 is 1. The summed E-state index contributed by atoms with van der Waals surface area (Å²) in [6.07, 6.45) is 3.12. The van der Waals surface area contributed by atoms with Crippen molar-refractivity contribution in [3.63, 3.8) is 0 Å². The number of carbonyl (C=O) groups is 2. The molecule has 0 bridgehead atoms. The van der Waals surface area contributed by atoms with Gasteiger partial charge in [-0.1, -0.05) is 18.2 Å². The average molecular weight is 340 g/mol. The van der Waals surface area contributed by atoms with Gasteiger partial charge in [0.2, 0.25) is 0 Å². The van der Waals surface area contributed by atoms with Crippen LogP contribution in [0.1, 0.15) is 30.5 Å². The van der Waals surface area contributed by atoms with Gasteiger partial charge in [-0.25, -0.2) is 0 Å². The SMILES string of the molecule is COc1ccc(CN2C(=O)[C@H](OC(C)=O)C[C@H]2c2cccnc2)cc1. The van der Waals surface area contributed by atoms with E-state index >= 15 is 0 Å². The summed E-state index contributed by atoms with van der Waals surface area (Å²) in [5, 5.41) is 0. The molecule has 6 nitrogen and oxygen atoms in total. The number of pyridine rings is 1. The molecule has 3 rings (SSSR count). The molecule has 0 radical (unpaired) electrons. The monoisotopic (exact) mass is 340 g/mol. The number of rotatable bonds is 5. The Balaban J connectivity index is 1.85. The highest BCUT2D eigenvalue weighted by atomic mass is 16.5. The summed E-state index contributed by atoms with van der Waals surface area (Å²) in [5.41, 5.74) is 1.91. The Morgan fingerprint density at radius 3 is 2.64 bits per heavy atom. The summed E-state index contributed by atoms with van der Waals surface area (Å²) in [6, 6.07) is 11.2. The predicted molar refractivity (Wildman–Crippen MR) is 90.7 cm³/mol. The van der Waals surface area contributed by atoms with Gasteiger partial charge < -0.3 is 14.4 Å². The number of hydrogen-bond acceptors (Lipinski definition) is 5. The summed E-state index contributed by atoms with van der Waals surface area (Å²) in [7, 11) is 1.61. The first-order valence-corrected chi connectivity index (χ1v) is 8.09. The molecule has 1 aromatic carbocycles. The number of likely N-dealkylation sites (tertiary alicyclic amines) is 1. The molecule has 1 aliphatic heterocycles. The third-order valence-electron chi connectivity index (χ3n) is 4.26. The van der Waals surface area contributed by atoms with E-state index in [1.165, 1.54) is 6.92 Å². The number of benzene rings is 1. The van der Waals surface area contributed by atoms with Gasteiger partial charge in [0, 0.05) is 32.3 Å². The van der Waals surface area contributed by atoms with Gasteiger partial charge in [-0.2, -0.15) is 0 Å². The minimum Gasteiger partial charge on any atom is -0.497 e. The average Bonchev–Trinajstić information content (AvgIpc) is 2.92. The van der Waals surface area contributed by atoms with Crippen LogP contribution in [0, 0.1) is 0 Å². The molecule has 0 aliphatic carbocycles. The standard InChI is InChI=1S/C19H20N2O4/c1-13(22)25-18-10-17(15-4-3-9-20-11-15)21(19(18)23)12-14-5-7-16(24-2)8-6-14/h3-9,11,17-18H,10,12H2,1-2H3/t17-,18+/m0/s1. The van der Waals surface area contributed by atoms with Crippen molar-refractivity contribution in [1.29, 1.82) is 0 Å². The predicted octanol–water partition coefficient (Wildman–Crippen LogP) is 2.50. The molecule has 0 saturated carbocycles. The van der Waals surface area contributed by atoms with E-state index in [4.69, 9.17) is 9.47 Å². The molecular formula is C19H20N2O4. The maximum absolute atomic E-state index is 12.8. The Labute approximate surface area is 146 Å². The van der Waals surface area contributed by atoms with Crippen LogP contribution in [0.4, 0.5) is 0 Å². The van der Waals surface area contributed by atoms with Gasteiger partial charge in [-0.05, 0) is 29.3 Å². The first-order valence-electron chi connectivity index (χ1n) is 8.09. The molecule has 1 aliphatic rings. The summed E-state index contributed by atoms with van der Waals surface area (Å²) in [5.74, 6) is 0.132. The molecule has 1 fully saturated rings. The highest BCUT2D eigenvalue weighted by Crippen LogP contribution is 2.35. The number of amides is 1. The molecule has 2 atom stereocenters. The Morgan fingerprint density at radius 1 is 1.28 bits per heavy atom. The van der Waals surface area contributed by atoms with Crippen LogP contribution in [0.3, 0.4) is 0 Å². The van der Waals surface area contributed by atoms with Gasteiger partial charge in [0.1, 0.15) is 5.75 Å². The molecule has 0 N–H and O–H groups in total. The van der Waals surface area contributed by atoms with Crippen LogP contribution in [0.5, 0.6) is 5.75 Å². The van der Waals surface area contributed by atoms with E-state index in [-0.39, 0.29) is 11.9 Å². The first-order chi connectivity index (χ1) is 12.1. The number of esters is 1. The summed E-state index contributed by atoms with van der Waals surface area (Å²) in [6.45, 7) is 1.75. The first kappa shape index (κ1) is 17.0. The fourth-order valence-corrected chi connectivity index (χ4v) is 3.07. The van der Waals surface area contributed by atoms with Crippen molar-refractivity contribution >= 4 is 11.9 Å². The number of hydrogen-bond donors (Lipinski definition) is 0. The lowest BCUT2D eigenvalue weighted by Crippen LogP contribution is -2.32. The van der Waals surface area contributed by atoms with E-state index in [1.807, 2.05) is 36.4 Å². The molecule has 2 heterocycles. The Hall–Kier alpha value is -2.89. The van der Waals surface area contributed by atoms with Crippen LogP contribution >= 0.6 is 0 Å². The van der Waals surface area contributed by atoms with Gasteiger partial charge in [0.15, 0.2) is 6.10 Å². The van der Waals surface area contributed by atoms with Crippen molar-refractivity contribution in [2.45, 2.75) is 32.0 Å². The van der Waals surface area contributed by atoms with Crippen molar-refractivity contribution in [2.24, 2.45) is 0 Å². The lowest BCUT2D eigenvalue weighted by molar-refractivity contribution is -0.154. The van der Waals surface area contributed by atoms with E-state index in [0.29, 0.717) is 13.0 Å². The van der Waals surface area contributed by atoms with Crippen molar-refractivity contribution in [3.8, 4) is 5.75 Å². The van der Waals surface area contributed by atoms with E-state index in [2.05, 4.69) is 4.98 Å². The molecule has 1 amide bonds. The summed E-state index contributed by atoms with van der Waals surface area (Å²) in [4.78, 5) is 29.9. The van der Waals surface area contributed by atoms with E-state index in [1.54, 1.807) is 24.4 Å². The van der Waals surface area contributed by atoms with Crippen LogP contribution in [0.25, 0.3) is 0 Å². The molecule has 0 unspecified atom stereocenters. The maximum Gasteiger partial charge on any atom is 0.303 e. The van der Waals surface area contributed by atoms with Crippen LogP contribution in [-0.4, -0.2) is 35.0 Å². The molecule has 2 aromatic rings. The van der Waals surface area contributed by atoms with E-state index in [9.17, 15) is 9.59 Å². The molecule has 130 valence electrons. The smallest absolute Gasteiger partial charge is 0.303 e. The summed E-state index contributed by atoms with van der Waals surface area (Å²) < 4.78 is 10.4. The van der Waals surface area contributed by atoms with Gasteiger partial charge in [-0.15, -0.1) is 0 Å². The second-order valence-electron chi connectivity index (χ2n) is 5.95. The normalized spacial score (nSPS) is 19.8. The number of aromatic nitrogens is 1. The fourth-order valence-electron chi connectivity index (χ4n) is 3.07. The molecular weight excluding hydrogens is 320 g/mol. The Morgan fingerprint density at radius 2 is 2.04 bits per heavy atom. The molecule has 1 aromatic heterocycles. The molecule has 25 heavy (non-hydrogen) atoms. The highest BCUT2D eigenvalue weighted by molar-refractivity contribution is 5.86. The quantitative estimate of drug-likeness (QED) is 0.782. The fraction of sp³-hybridized carbons (Fsp3) is 0.316. The van der Waals surface area contributed by atoms with Crippen LogP contribution in [0.2, 0.25) is 0 Å². The molecule has 1 saturated heterocycles. The zero-order valence-corrected chi connectivity index (χ0v) is 14.2. The number of nitrogens with zero attached hydrogens (tertiary/aromatic N) is 2. The molecule has 0 spiro atoms. The Kier molecular flexibility index (Phi) is 4.97. The minimum atomic E-state index is -0.749. The Bertz CT molecular complexity index is 746. The maximum atomic E-state index is 12.8. The second kappa shape index (κ2) is 7.34. The zero-order chi connectivity index (χ0) is 17.8. The van der Waals surface area contributed by atoms with Crippen molar-refractivity contribution in [1.82, 2.24) is 9.88 Å². The van der Waals surface area contributed by atoms with Crippen LogP contribution in [-0.2, 0) is 20.9 Å². The number of ether oxygens (including phenoxy) is 2. The van der Waals surface area contributed by atoms with Crippen LogP contribution < -0.4 is 4.74 Å². The minimum absolute atomic E-state index is 0.173. The van der Waals surface area contributed by atoms with Gasteiger partial charge in [-0.3, -0.25) is 14.6 Å². The largest absolute Gasteiger partial charge is 0.497 e. The second-order valence-corrected chi connectivity index (χ2v) is 5.95. The third-order valence-corrected chi connectivity index (χ3v) is 4.26. The number of carbonyl (C=O) groups excluding carboxylic acids is 2. The lowest BCUT2D eigenvalue weighted by atomic mass is 10.1. The van der Waals surface area contributed by atoms with Crippen molar-refractivity contribution in [2.75, 3.05) is 7.11 Å². The highest BCUT2D eigenvalue weighted by Gasteiger charge is 2.42. The zero-order valence-electron chi connectivity index (χ0n) is 14.2. The van der Waals surface area contributed by atoms with Gasteiger partial charge in [0.05, 0.1) is 13.2 Å². The third kappa shape index (κ3) is 3.79. The molecule has 6 heteroatoms. The van der Waals surface area contributed by atoms with E-state index in [0.717, 1.165) is 16.9 Å². The van der Waals surface area contributed by atoms with Gasteiger partial charge >= 0.3 is 5.97 Å².